The highest BCUT2D eigenvalue weighted by Crippen LogP contribution is 2.31. The van der Waals surface area contributed by atoms with Crippen molar-refractivity contribution in [1.29, 1.82) is 0 Å². The number of methoxy groups -OCH3 is 1. The molecule has 0 fully saturated rings. The van der Waals surface area contributed by atoms with Crippen LogP contribution in [-0.4, -0.2) is 26.8 Å². The van der Waals surface area contributed by atoms with Gasteiger partial charge >= 0.3 is 0 Å². The maximum absolute atomic E-state index is 13.9. The van der Waals surface area contributed by atoms with Gasteiger partial charge < -0.3 is 10.1 Å². The average Bonchev–Trinajstić information content (AvgIpc) is 2.33. The summed E-state index contributed by atoms with van der Waals surface area (Å²) in [5, 5.41) is 3.21. The SMILES string of the molecule is COCCNCCC(C)(C)c1cc(F)c(Br)cc1F. The summed E-state index contributed by atoms with van der Waals surface area (Å²) < 4.78 is 32.5. The molecule has 0 unspecified atom stereocenters. The molecule has 0 heterocycles. The maximum Gasteiger partial charge on any atom is 0.137 e. The molecule has 0 aliphatic rings. The van der Waals surface area contributed by atoms with Gasteiger partial charge in [-0.3, -0.25) is 0 Å². The number of ether oxygens (including phenoxy) is 1. The Labute approximate surface area is 121 Å². The molecule has 1 rings (SSSR count). The van der Waals surface area contributed by atoms with Crippen LogP contribution in [0.3, 0.4) is 0 Å². The van der Waals surface area contributed by atoms with Crippen LogP contribution < -0.4 is 5.32 Å². The highest BCUT2D eigenvalue weighted by atomic mass is 79.9. The maximum atomic E-state index is 13.9. The van der Waals surface area contributed by atoms with Gasteiger partial charge in [0.1, 0.15) is 11.6 Å². The van der Waals surface area contributed by atoms with Gasteiger partial charge in [0.25, 0.3) is 0 Å². The van der Waals surface area contributed by atoms with Gasteiger partial charge in [-0.1, -0.05) is 13.8 Å². The zero-order chi connectivity index (χ0) is 14.5. The van der Waals surface area contributed by atoms with Crippen molar-refractivity contribution in [3.63, 3.8) is 0 Å². The van der Waals surface area contributed by atoms with Gasteiger partial charge in [-0.05, 0) is 52.0 Å². The first-order valence-electron chi connectivity index (χ1n) is 6.23. The molecule has 5 heteroatoms. The summed E-state index contributed by atoms with van der Waals surface area (Å²) in [5.41, 5.74) is -0.0205. The fourth-order valence-electron chi connectivity index (χ4n) is 1.88. The quantitative estimate of drug-likeness (QED) is 0.606. The third-order valence-electron chi connectivity index (χ3n) is 3.15. The number of rotatable bonds is 7. The van der Waals surface area contributed by atoms with E-state index in [-0.39, 0.29) is 10.3 Å². The van der Waals surface area contributed by atoms with Crippen LogP contribution in [0.2, 0.25) is 0 Å². The van der Waals surface area contributed by atoms with E-state index in [4.69, 9.17) is 4.74 Å². The second-order valence-electron chi connectivity index (χ2n) is 5.12. The smallest absolute Gasteiger partial charge is 0.137 e. The lowest BCUT2D eigenvalue weighted by atomic mass is 9.81. The zero-order valence-electron chi connectivity index (χ0n) is 11.5. The lowest BCUT2D eigenvalue weighted by Gasteiger charge is -2.26. The summed E-state index contributed by atoms with van der Waals surface area (Å²) in [6.45, 7) is 5.95. The number of hydrogen-bond acceptors (Lipinski definition) is 2. The molecule has 19 heavy (non-hydrogen) atoms. The molecule has 0 spiro atoms. The Hall–Kier alpha value is -0.520. The Balaban J connectivity index is 2.68. The van der Waals surface area contributed by atoms with Crippen molar-refractivity contribution >= 4 is 15.9 Å². The van der Waals surface area contributed by atoms with Gasteiger partial charge in [0.15, 0.2) is 0 Å². The van der Waals surface area contributed by atoms with Crippen molar-refractivity contribution in [3.8, 4) is 0 Å². The molecule has 1 aromatic carbocycles. The van der Waals surface area contributed by atoms with E-state index in [1.165, 1.54) is 12.1 Å². The van der Waals surface area contributed by atoms with Crippen molar-refractivity contribution in [3.05, 3.63) is 33.8 Å². The van der Waals surface area contributed by atoms with Crippen LogP contribution in [0.4, 0.5) is 8.78 Å². The van der Waals surface area contributed by atoms with E-state index >= 15 is 0 Å². The molecule has 0 aromatic heterocycles. The summed E-state index contributed by atoms with van der Waals surface area (Å²) in [6.07, 6.45) is 0.717. The lowest BCUT2D eigenvalue weighted by molar-refractivity contribution is 0.198. The number of nitrogens with one attached hydrogen (secondary N) is 1. The number of halogens is 3. The van der Waals surface area contributed by atoms with Crippen LogP contribution in [0.1, 0.15) is 25.8 Å². The molecule has 2 nitrogen and oxygen atoms in total. The molecule has 0 bridgehead atoms. The molecule has 0 amide bonds. The van der Waals surface area contributed by atoms with Crippen molar-refractivity contribution in [2.24, 2.45) is 0 Å². The molecule has 1 aromatic rings. The molecule has 108 valence electrons. The van der Waals surface area contributed by atoms with E-state index in [9.17, 15) is 8.78 Å². The van der Waals surface area contributed by atoms with Gasteiger partial charge in [-0.15, -0.1) is 0 Å². The average molecular weight is 336 g/mol. The van der Waals surface area contributed by atoms with Crippen molar-refractivity contribution < 1.29 is 13.5 Å². The Bertz CT molecular complexity index is 424. The molecule has 0 aliphatic carbocycles. The monoisotopic (exact) mass is 335 g/mol. The minimum Gasteiger partial charge on any atom is -0.383 e. The van der Waals surface area contributed by atoms with Crippen molar-refractivity contribution in [1.82, 2.24) is 5.32 Å². The van der Waals surface area contributed by atoms with Crippen LogP contribution in [0, 0.1) is 11.6 Å². The minimum absolute atomic E-state index is 0.155. The normalized spacial score (nSPS) is 11.9. The van der Waals surface area contributed by atoms with Gasteiger partial charge in [0, 0.05) is 13.7 Å². The third kappa shape index (κ3) is 4.82. The molecule has 1 N–H and O–H groups in total. The molecule has 0 aliphatic heterocycles. The largest absolute Gasteiger partial charge is 0.383 e. The van der Waals surface area contributed by atoms with Gasteiger partial charge in [-0.2, -0.15) is 0 Å². The van der Waals surface area contributed by atoms with Gasteiger partial charge in [-0.25, -0.2) is 8.78 Å². The lowest BCUT2D eigenvalue weighted by Crippen LogP contribution is -2.28. The predicted molar refractivity (Wildman–Crippen MR) is 76.4 cm³/mol. The van der Waals surface area contributed by atoms with E-state index in [2.05, 4.69) is 21.2 Å². The Kier molecular flexibility index (Phi) is 6.36. The molecule has 0 radical (unpaired) electrons. The Morgan fingerprint density at radius 2 is 1.89 bits per heavy atom. The topological polar surface area (TPSA) is 21.3 Å². The number of benzene rings is 1. The summed E-state index contributed by atoms with van der Waals surface area (Å²) >= 11 is 2.99. The highest BCUT2D eigenvalue weighted by molar-refractivity contribution is 9.10. The minimum atomic E-state index is -0.434. The first-order valence-corrected chi connectivity index (χ1v) is 7.02. The van der Waals surface area contributed by atoms with Gasteiger partial charge in [0.2, 0.25) is 0 Å². The third-order valence-corrected chi connectivity index (χ3v) is 3.76. The molecule has 0 saturated heterocycles. The summed E-state index contributed by atoms with van der Waals surface area (Å²) in [5.74, 6) is -0.813. The Morgan fingerprint density at radius 1 is 1.21 bits per heavy atom. The highest BCUT2D eigenvalue weighted by Gasteiger charge is 2.25. The summed E-state index contributed by atoms with van der Waals surface area (Å²) in [6, 6.07) is 2.46. The first kappa shape index (κ1) is 16.5. The Morgan fingerprint density at radius 3 is 2.53 bits per heavy atom. The van der Waals surface area contributed by atoms with E-state index in [0.29, 0.717) is 18.6 Å². The fraction of sp³-hybridized carbons (Fsp3) is 0.571. The standard InChI is InChI=1S/C14H20BrF2NO/c1-14(2,4-5-18-6-7-19-3)10-8-13(17)11(15)9-12(10)16/h8-9,18H,4-7H2,1-3H3. The summed E-state index contributed by atoms with van der Waals surface area (Å²) in [7, 11) is 1.64. The first-order chi connectivity index (χ1) is 8.88. The predicted octanol–water partition coefficient (Wildman–Crippen LogP) is 3.63. The molecule has 0 saturated carbocycles. The number of hydrogen-bond donors (Lipinski definition) is 1. The van der Waals surface area contributed by atoms with Crippen LogP contribution in [0.15, 0.2) is 16.6 Å². The van der Waals surface area contributed by atoms with Crippen molar-refractivity contribution in [2.75, 3.05) is 26.8 Å². The van der Waals surface area contributed by atoms with E-state index in [0.717, 1.165) is 13.1 Å². The van der Waals surface area contributed by atoms with E-state index in [1.54, 1.807) is 7.11 Å². The van der Waals surface area contributed by atoms with Crippen LogP contribution in [0.5, 0.6) is 0 Å². The summed E-state index contributed by atoms with van der Waals surface area (Å²) in [4.78, 5) is 0. The van der Waals surface area contributed by atoms with E-state index < -0.39 is 11.2 Å². The van der Waals surface area contributed by atoms with E-state index in [1.807, 2.05) is 13.8 Å². The second-order valence-corrected chi connectivity index (χ2v) is 5.98. The molecule has 0 atom stereocenters. The molecular weight excluding hydrogens is 316 g/mol. The van der Waals surface area contributed by atoms with Crippen LogP contribution in [0.25, 0.3) is 0 Å². The second kappa shape index (κ2) is 7.31. The van der Waals surface area contributed by atoms with Crippen LogP contribution >= 0.6 is 15.9 Å². The fourth-order valence-corrected chi connectivity index (χ4v) is 2.19. The van der Waals surface area contributed by atoms with Crippen molar-refractivity contribution in [2.45, 2.75) is 25.7 Å². The van der Waals surface area contributed by atoms with Gasteiger partial charge in [0.05, 0.1) is 11.1 Å². The molecular formula is C14H20BrF2NO. The van der Waals surface area contributed by atoms with Crippen LogP contribution in [-0.2, 0) is 10.2 Å². The zero-order valence-corrected chi connectivity index (χ0v) is 13.1.